The van der Waals surface area contributed by atoms with Crippen LogP contribution in [-0.4, -0.2) is 11.1 Å². The first-order valence-electron chi connectivity index (χ1n) is 5.26. The summed E-state index contributed by atoms with van der Waals surface area (Å²) in [5.41, 5.74) is 0. The van der Waals surface area contributed by atoms with Gasteiger partial charge in [0.25, 0.3) is 0 Å². The minimum absolute atomic E-state index is 0.230. The molecule has 2 heteroatoms. The fraction of sp³-hybridized carbons (Fsp3) is 0.583. The minimum atomic E-state index is -0.696. The zero-order valence-electron chi connectivity index (χ0n) is 9.23. The number of carboxylic acids is 1. The molecule has 1 aliphatic rings. The Morgan fingerprint density at radius 2 is 2.14 bits per heavy atom. The lowest BCUT2D eigenvalue weighted by Crippen LogP contribution is -2.13. The van der Waals surface area contributed by atoms with E-state index in [1.54, 1.807) is 6.92 Å². The van der Waals surface area contributed by atoms with E-state index in [1.165, 1.54) is 0 Å². The molecule has 2 atom stereocenters. The Hall–Kier alpha value is -1.05. The number of allylic oxidation sites excluding steroid dienone is 4. The predicted molar refractivity (Wildman–Crippen MR) is 59.2 cm³/mol. The topological polar surface area (TPSA) is 37.3 Å². The molecular formula is C12H20O2. The quantitative estimate of drug-likeness (QED) is 0.752. The Kier molecular flexibility index (Phi) is 6.81. The van der Waals surface area contributed by atoms with Gasteiger partial charge in [0.2, 0.25) is 0 Å². The standard InChI is InChI=1S/C10H14O2.C2H6/c1-8(10(11)12)7-9-5-3-2-4-6-9;1-2/h2-5,8-9H,6-7H2,1H3,(H,11,12);1-2H3/t8-,9-;/m0./s1. The van der Waals surface area contributed by atoms with E-state index in [9.17, 15) is 4.79 Å². The molecule has 0 fully saturated rings. The van der Waals surface area contributed by atoms with Gasteiger partial charge in [0.1, 0.15) is 0 Å². The van der Waals surface area contributed by atoms with Crippen molar-refractivity contribution in [1.82, 2.24) is 0 Å². The van der Waals surface area contributed by atoms with Crippen molar-refractivity contribution in [1.29, 1.82) is 0 Å². The zero-order valence-corrected chi connectivity index (χ0v) is 9.23. The van der Waals surface area contributed by atoms with Crippen LogP contribution < -0.4 is 0 Å². The predicted octanol–water partition coefficient (Wildman–Crippen LogP) is 3.26. The van der Waals surface area contributed by atoms with Gasteiger partial charge in [-0.05, 0) is 18.8 Å². The second kappa shape index (κ2) is 7.36. The summed E-state index contributed by atoms with van der Waals surface area (Å²) in [6.07, 6.45) is 9.88. The number of hydrogen-bond donors (Lipinski definition) is 1. The third-order valence-electron chi connectivity index (χ3n) is 2.15. The summed E-state index contributed by atoms with van der Waals surface area (Å²) < 4.78 is 0. The van der Waals surface area contributed by atoms with Gasteiger partial charge in [-0.3, -0.25) is 4.79 Å². The Morgan fingerprint density at radius 1 is 1.50 bits per heavy atom. The third-order valence-corrected chi connectivity index (χ3v) is 2.15. The molecule has 0 aliphatic heterocycles. The van der Waals surface area contributed by atoms with Crippen LogP contribution in [0.1, 0.15) is 33.6 Å². The highest BCUT2D eigenvalue weighted by Crippen LogP contribution is 2.20. The summed E-state index contributed by atoms with van der Waals surface area (Å²) in [5.74, 6) is -0.509. The van der Waals surface area contributed by atoms with Gasteiger partial charge in [-0.25, -0.2) is 0 Å². The van der Waals surface area contributed by atoms with E-state index < -0.39 is 5.97 Å². The van der Waals surface area contributed by atoms with Crippen molar-refractivity contribution >= 4 is 5.97 Å². The van der Waals surface area contributed by atoms with Crippen LogP contribution in [0.4, 0.5) is 0 Å². The van der Waals surface area contributed by atoms with Crippen molar-refractivity contribution in [2.75, 3.05) is 0 Å². The Balaban J connectivity index is 0.000000791. The summed E-state index contributed by atoms with van der Waals surface area (Å²) in [7, 11) is 0. The average molecular weight is 196 g/mol. The van der Waals surface area contributed by atoms with Crippen molar-refractivity contribution in [3.63, 3.8) is 0 Å². The maximum atomic E-state index is 10.5. The summed E-state index contributed by atoms with van der Waals surface area (Å²) in [5, 5.41) is 8.67. The molecule has 0 amide bonds. The smallest absolute Gasteiger partial charge is 0.306 e. The highest BCUT2D eigenvalue weighted by atomic mass is 16.4. The van der Waals surface area contributed by atoms with Crippen LogP contribution in [0.15, 0.2) is 24.3 Å². The van der Waals surface area contributed by atoms with Gasteiger partial charge in [0, 0.05) is 0 Å². The molecular weight excluding hydrogens is 176 g/mol. The largest absolute Gasteiger partial charge is 0.481 e. The first-order chi connectivity index (χ1) is 6.70. The fourth-order valence-electron chi connectivity index (χ4n) is 1.36. The van der Waals surface area contributed by atoms with E-state index in [0.29, 0.717) is 5.92 Å². The van der Waals surface area contributed by atoms with Crippen molar-refractivity contribution in [2.24, 2.45) is 11.8 Å². The maximum absolute atomic E-state index is 10.5. The SMILES string of the molecule is CC.C[C@@H](C[C@H]1C=CC=CC1)C(=O)O. The van der Waals surface area contributed by atoms with E-state index in [-0.39, 0.29) is 5.92 Å². The number of carbonyl (C=O) groups is 1. The third kappa shape index (κ3) is 4.85. The van der Waals surface area contributed by atoms with Crippen LogP contribution >= 0.6 is 0 Å². The summed E-state index contributed by atoms with van der Waals surface area (Å²) >= 11 is 0. The van der Waals surface area contributed by atoms with Crippen molar-refractivity contribution in [3.05, 3.63) is 24.3 Å². The molecule has 80 valence electrons. The molecule has 1 rings (SSSR count). The van der Waals surface area contributed by atoms with E-state index >= 15 is 0 Å². The number of carboxylic acid groups (broad SMARTS) is 1. The van der Waals surface area contributed by atoms with Gasteiger partial charge in [0.05, 0.1) is 5.92 Å². The molecule has 2 nitrogen and oxygen atoms in total. The zero-order chi connectivity index (χ0) is 11.0. The molecule has 0 saturated carbocycles. The summed E-state index contributed by atoms with van der Waals surface area (Å²) in [6.45, 7) is 5.76. The van der Waals surface area contributed by atoms with Gasteiger partial charge in [-0.2, -0.15) is 0 Å². The Morgan fingerprint density at radius 3 is 2.57 bits per heavy atom. The molecule has 0 spiro atoms. The van der Waals surface area contributed by atoms with Gasteiger partial charge < -0.3 is 5.11 Å². The van der Waals surface area contributed by atoms with Crippen LogP contribution in [-0.2, 0) is 4.79 Å². The molecule has 0 aromatic carbocycles. The molecule has 0 aromatic heterocycles. The molecule has 1 N–H and O–H groups in total. The molecule has 0 radical (unpaired) electrons. The van der Waals surface area contributed by atoms with E-state index in [4.69, 9.17) is 5.11 Å². The molecule has 1 aliphatic carbocycles. The molecule has 0 heterocycles. The number of rotatable bonds is 3. The van der Waals surface area contributed by atoms with E-state index in [2.05, 4.69) is 12.2 Å². The molecule has 0 aromatic rings. The van der Waals surface area contributed by atoms with Crippen LogP contribution in [0.25, 0.3) is 0 Å². The lowest BCUT2D eigenvalue weighted by atomic mass is 9.91. The van der Waals surface area contributed by atoms with Gasteiger partial charge in [-0.1, -0.05) is 45.1 Å². The van der Waals surface area contributed by atoms with Gasteiger partial charge in [0.15, 0.2) is 0 Å². The first-order valence-corrected chi connectivity index (χ1v) is 5.26. The second-order valence-corrected chi connectivity index (χ2v) is 3.28. The van der Waals surface area contributed by atoms with Crippen molar-refractivity contribution < 1.29 is 9.90 Å². The van der Waals surface area contributed by atoms with Crippen molar-refractivity contribution in [2.45, 2.75) is 33.6 Å². The van der Waals surface area contributed by atoms with Crippen LogP contribution in [0.5, 0.6) is 0 Å². The lowest BCUT2D eigenvalue weighted by Gasteiger charge is -2.14. The molecule has 0 bridgehead atoms. The van der Waals surface area contributed by atoms with Gasteiger partial charge in [-0.15, -0.1) is 0 Å². The van der Waals surface area contributed by atoms with E-state index in [0.717, 1.165) is 12.8 Å². The number of aliphatic carboxylic acids is 1. The minimum Gasteiger partial charge on any atom is -0.481 e. The van der Waals surface area contributed by atoms with Crippen LogP contribution in [0, 0.1) is 11.8 Å². The summed E-state index contributed by atoms with van der Waals surface area (Å²) in [4.78, 5) is 10.5. The van der Waals surface area contributed by atoms with Crippen LogP contribution in [0.3, 0.4) is 0 Å². The highest BCUT2D eigenvalue weighted by molar-refractivity contribution is 5.69. The normalized spacial score (nSPS) is 20.9. The monoisotopic (exact) mass is 196 g/mol. The summed E-state index contributed by atoms with van der Waals surface area (Å²) in [6, 6.07) is 0. The Bertz CT molecular complexity index is 216. The molecule has 0 unspecified atom stereocenters. The average Bonchev–Trinajstić information content (AvgIpc) is 2.22. The van der Waals surface area contributed by atoms with Crippen LogP contribution in [0.2, 0.25) is 0 Å². The number of hydrogen-bond acceptors (Lipinski definition) is 1. The molecule has 0 saturated heterocycles. The maximum Gasteiger partial charge on any atom is 0.306 e. The molecule has 14 heavy (non-hydrogen) atoms. The fourth-order valence-corrected chi connectivity index (χ4v) is 1.36. The van der Waals surface area contributed by atoms with Gasteiger partial charge >= 0.3 is 5.97 Å². The Labute approximate surface area is 86.3 Å². The highest BCUT2D eigenvalue weighted by Gasteiger charge is 2.15. The second-order valence-electron chi connectivity index (χ2n) is 3.28. The van der Waals surface area contributed by atoms with Crippen molar-refractivity contribution in [3.8, 4) is 0 Å². The van der Waals surface area contributed by atoms with E-state index in [1.807, 2.05) is 26.0 Å². The lowest BCUT2D eigenvalue weighted by molar-refractivity contribution is -0.141. The first kappa shape index (κ1) is 12.9.